The molecule has 0 aliphatic carbocycles. The van der Waals surface area contributed by atoms with Gasteiger partial charge in [0.25, 0.3) is 5.56 Å². The van der Waals surface area contributed by atoms with E-state index in [0.29, 0.717) is 50.9 Å². The molecule has 0 radical (unpaired) electrons. The van der Waals surface area contributed by atoms with Crippen LogP contribution in [0, 0.1) is 0 Å². The molecule has 0 amide bonds. The normalized spacial score (nSPS) is 15.4. The Bertz CT molecular complexity index is 1440. The molecule has 2 aromatic heterocycles. The van der Waals surface area contributed by atoms with Gasteiger partial charge >= 0.3 is 5.97 Å². The monoisotopic (exact) mass is 493 g/mol. The third-order valence-electron chi connectivity index (χ3n) is 5.40. The Morgan fingerprint density at radius 3 is 2.46 bits per heavy atom. The molecule has 4 rings (SSSR count). The van der Waals surface area contributed by atoms with Crippen LogP contribution >= 0.6 is 11.3 Å². The maximum atomic E-state index is 13.7. The molecule has 3 heterocycles. The molecule has 0 saturated carbocycles. The van der Waals surface area contributed by atoms with Crippen LogP contribution in [0.15, 0.2) is 63.8 Å². The molecule has 1 aliphatic heterocycles. The summed E-state index contributed by atoms with van der Waals surface area (Å²) < 4.78 is 18.9. The predicted octanol–water partition coefficient (Wildman–Crippen LogP) is 2.99. The zero-order valence-electron chi connectivity index (χ0n) is 20.1. The van der Waals surface area contributed by atoms with Gasteiger partial charge < -0.3 is 14.2 Å². The van der Waals surface area contributed by atoms with Crippen molar-refractivity contribution in [2.24, 2.45) is 4.99 Å². The molecule has 8 nitrogen and oxygen atoms in total. The Balaban J connectivity index is 1.95. The third kappa shape index (κ3) is 4.90. The van der Waals surface area contributed by atoms with Gasteiger partial charge in [-0.25, -0.2) is 9.79 Å². The highest BCUT2D eigenvalue weighted by atomic mass is 32.1. The number of hydrogen-bond acceptors (Lipinski definition) is 8. The number of nitrogens with zero attached hydrogens (tertiary/aromatic N) is 3. The lowest BCUT2D eigenvalue weighted by atomic mass is 9.95. The number of fused-ring (bicyclic) bond motifs is 1. The smallest absolute Gasteiger partial charge is 0.338 e. The first-order valence-electron chi connectivity index (χ1n) is 11.5. The van der Waals surface area contributed by atoms with Gasteiger partial charge in [0.1, 0.15) is 0 Å². The molecular formula is C26H27N3O5S. The highest BCUT2D eigenvalue weighted by Crippen LogP contribution is 2.36. The van der Waals surface area contributed by atoms with E-state index in [4.69, 9.17) is 14.2 Å². The first-order valence-corrected chi connectivity index (χ1v) is 12.3. The lowest BCUT2D eigenvalue weighted by Gasteiger charge is -2.25. The van der Waals surface area contributed by atoms with Gasteiger partial charge in [0.05, 0.1) is 41.7 Å². The van der Waals surface area contributed by atoms with Crippen molar-refractivity contribution in [2.45, 2.75) is 33.7 Å². The zero-order chi connectivity index (χ0) is 24.9. The number of rotatable bonds is 8. The lowest BCUT2D eigenvalue weighted by Crippen LogP contribution is -2.40. The zero-order valence-corrected chi connectivity index (χ0v) is 20.9. The summed E-state index contributed by atoms with van der Waals surface area (Å²) in [5.74, 6) is 0.638. The molecule has 1 aromatic carbocycles. The highest BCUT2D eigenvalue weighted by molar-refractivity contribution is 7.07. The van der Waals surface area contributed by atoms with Crippen LogP contribution in [0.3, 0.4) is 0 Å². The summed E-state index contributed by atoms with van der Waals surface area (Å²) in [5.41, 5.74) is 2.14. The van der Waals surface area contributed by atoms with Crippen LogP contribution < -0.4 is 24.4 Å². The van der Waals surface area contributed by atoms with Crippen molar-refractivity contribution in [1.82, 2.24) is 9.55 Å². The summed E-state index contributed by atoms with van der Waals surface area (Å²) in [6.07, 6.45) is 5.14. The molecule has 1 atom stereocenters. The molecule has 0 unspecified atom stereocenters. The summed E-state index contributed by atoms with van der Waals surface area (Å²) in [6, 6.07) is 8.39. The number of esters is 1. The Labute approximate surface area is 206 Å². The number of carbonyl (C=O) groups is 1. The van der Waals surface area contributed by atoms with E-state index in [1.54, 1.807) is 43.0 Å². The summed E-state index contributed by atoms with van der Waals surface area (Å²) >= 11 is 1.28. The van der Waals surface area contributed by atoms with Crippen LogP contribution in [0.25, 0.3) is 6.08 Å². The van der Waals surface area contributed by atoms with Crippen molar-refractivity contribution in [1.29, 1.82) is 0 Å². The van der Waals surface area contributed by atoms with E-state index in [1.807, 2.05) is 38.1 Å². The van der Waals surface area contributed by atoms with E-state index < -0.39 is 12.0 Å². The number of carbonyl (C=O) groups excluding carboxylic acids is 1. The molecule has 0 fully saturated rings. The molecule has 35 heavy (non-hydrogen) atoms. The van der Waals surface area contributed by atoms with Crippen molar-refractivity contribution in [3.05, 3.63) is 84.8 Å². The average molecular weight is 494 g/mol. The average Bonchev–Trinajstić information content (AvgIpc) is 3.14. The van der Waals surface area contributed by atoms with Gasteiger partial charge in [0, 0.05) is 12.4 Å². The van der Waals surface area contributed by atoms with E-state index in [2.05, 4.69) is 9.98 Å². The maximum Gasteiger partial charge on any atom is 0.338 e. The summed E-state index contributed by atoms with van der Waals surface area (Å²) in [5, 5.41) is 0. The summed E-state index contributed by atoms with van der Waals surface area (Å²) in [6.45, 7) is 8.43. The molecule has 0 N–H and O–H groups in total. The number of hydrogen-bond donors (Lipinski definition) is 0. The van der Waals surface area contributed by atoms with Gasteiger partial charge in [-0.15, -0.1) is 0 Å². The van der Waals surface area contributed by atoms with E-state index in [1.165, 1.54) is 11.3 Å². The van der Waals surface area contributed by atoms with Crippen LogP contribution in [-0.4, -0.2) is 35.3 Å². The Hall–Kier alpha value is -3.72. The second-order valence-electron chi connectivity index (χ2n) is 7.66. The van der Waals surface area contributed by atoms with Crippen molar-refractivity contribution in [2.75, 3.05) is 19.8 Å². The largest absolute Gasteiger partial charge is 0.490 e. The van der Waals surface area contributed by atoms with Crippen LogP contribution in [-0.2, 0) is 9.53 Å². The molecule has 9 heteroatoms. The van der Waals surface area contributed by atoms with Gasteiger partial charge in [0.15, 0.2) is 16.3 Å². The first kappa shape index (κ1) is 24.4. The van der Waals surface area contributed by atoms with Crippen molar-refractivity contribution >= 4 is 23.4 Å². The fraction of sp³-hybridized carbons (Fsp3) is 0.308. The molecule has 1 aliphatic rings. The Morgan fingerprint density at radius 2 is 1.77 bits per heavy atom. The van der Waals surface area contributed by atoms with E-state index in [-0.39, 0.29) is 12.2 Å². The van der Waals surface area contributed by atoms with Crippen LogP contribution in [0.1, 0.15) is 44.9 Å². The number of allylic oxidation sites excluding steroid dienone is 1. The maximum absolute atomic E-state index is 13.7. The quantitative estimate of drug-likeness (QED) is 0.448. The number of aromatic nitrogens is 2. The molecule has 0 bridgehead atoms. The predicted molar refractivity (Wildman–Crippen MR) is 133 cm³/mol. The summed E-state index contributed by atoms with van der Waals surface area (Å²) in [7, 11) is 0. The fourth-order valence-corrected chi connectivity index (χ4v) is 5.00. The molecule has 182 valence electrons. The molecular weight excluding hydrogens is 466 g/mol. The van der Waals surface area contributed by atoms with Crippen LogP contribution in [0.5, 0.6) is 11.5 Å². The van der Waals surface area contributed by atoms with Gasteiger partial charge in [-0.1, -0.05) is 17.4 Å². The van der Waals surface area contributed by atoms with Gasteiger partial charge in [0.2, 0.25) is 0 Å². The Morgan fingerprint density at radius 1 is 1.06 bits per heavy atom. The first-order chi connectivity index (χ1) is 17.0. The third-order valence-corrected chi connectivity index (χ3v) is 6.39. The van der Waals surface area contributed by atoms with E-state index in [0.717, 1.165) is 5.56 Å². The lowest BCUT2D eigenvalue weighted by molar-refractivity contribution is -0.139. The SMILES string of the molecule is CCOC(=O)C1=C(C)N=c2s/c(=C\c3ccncc3)c(=O)n2[C@H]1c1ccc(OCC)c(OCC)c1. The minimum absolute atomic E-state index is 0.211. The number of pyridine rings is 1. The van der Waals surface area contributed by atoms with Crippen molar-refractivity contribution < 1.29 is 19.0 Å². The van der Waals surface area contributed by atoms with Crippen molar-refractivity contribution in [3.8, 4) is 11.5 Å². The minimum atomic E-state index is -0.722. The Kier molecular flexibility index (Phi) is 7.45. The number of ether oxygens (including phenoxy) is 3. The second-order valence-corrected chi connectivity index (χ2v) is 8.66. The van der Waals surface area contributed by atoms with Crippen LogP contribution in [0.2, 0.25) is 0 Å². The van der Waals surface area contributed by atoms with Gasteiger partial charge in [-0.3, -0.25) is 14.3 Å². The van der Waals surface area contributed by atoms with Gasteiger partial charge in [-0.2, -0.15) is 0 Å². The van der Waals surface area contributed by atoms with E-state index in [9.17, 15) is 9.59 Å². The standard InChI is InChI=1S/C26H27N3O5S/c1-5-32-19-9-8-18(15-20(19)33-6-2)23-22(25(31)34-7-3)16(4)28-26-29(23)24(30)21(35-26)14-17-10-12-27-13-11-17/h8-15,23H,5-7H2,1-4H3/b21-14-/t23-/m0/s1. The second kappa shape index (κ2) is 10.7. The number of benzene rings is 1. The topological polar surface area (TPSA) is 92.0 Å². The fourth-order valence-electron chi connectivity index (χ4n) is 3.96. The molecule has 3 aromatic rings. The van der Waals surface area contributed by atoms with Crippen LogP contribution in [0.4, 0.5) is 0 Å². The molecule has 0 saturated heterocycles. The van der Waals surface area contributed by atoms with E-state index >= 15 is 0 Å². The minimum Gasteiger partial charge on any atom is -0.490 e. The summed E-state index contributed by atoms with van der Waals surface area (Å²) in [4.78, 5) is 35.9. The van der Waals surface area contributed by atoms with Crippen molar-refractivity contribution in [3.63, 3.8) is 0 Å². The number of thiazole rings is 1. The molecule has 0 spiro atoms. The highest BCUT2D eigenvalue weighted by Gasteiger charge is 2.34. The van der Waals surface area contributed by atoms with Gasteiger partial charge in [-0.05, 0) is 69.2 Å².